The molecule has 34 heavy (non-hydrogen) atoms. The summed E-state index contributed by atoms with van der Waals surface area (Å²) in [5.41, 5.74) is 1.81. The van der Waals surface area contributed by atoms with Crippen molar-refractivity contribution in [3.05, 3.63) is 69.1 Å². The highest BCUT2D eigenvalue weighted by molar-refractivity contribution is 7.09. The van der Waals surface area contributed by atoms with Gasteiger partial charge in [-0.05, 0) is 42.0 Å². The third-order valence-corrected chi connectivity index (χ3v) is 6.03. The van der Waals surface area contributed by atoms with Crippen molar-refractivity contribution in [3.63, 3.8) is 0 Å². The fourth-order valence-electron chi connectivity index (χ4n) is 3.16. The Balaban J connectivity index is 1.35. The molecule has 0 spiro atoms. The summed E-state index contributed by atoms with van der Waals surface area (Å²) >= 11 is 7.22. The van der Waals surface area contributed by atoms with E-state index in [9.17, 15) is 9.59 Å². The first-order valence-electron chi connectivity index (χ1n) is 10.4. The molecule has 0 saturated carbocycles. The second kappa shape index (κ2) is 11.2. The molecule has 2 heterocycles. The van der Waals surface area contributed by atoms with E-state index in [1.165, 1.54) is 11.3 Å². The van der Waals surface area contributed by atoms with Crippen LogP contribution in [0.25, 0.3) is 0 Å². The van der Waals surface area contributed by atoms with Crippen LogP contribution < -0.4 is 20.1 Å². The van der Waals surface area contributed by atoms with Crippen molar-refractivity contribution >= 4 is 40.6 Å². The third-order valence-electron chi connectivity index (χ3n) is 4.95. The first kappa shape index (κ1) is 23.8. The Kier molecular flexibility index (Phi) is 7.84. The molecule has 1 aliphatic rings. The van der Waals surface area contributed by atoms with Crippen molar-refractivity contribution in [3.8, 4) is 11.5 Å². The Labute approximate surface area is 205 Å². The third kappa shape index (κ3) is 6.16. The number of anilines is 1. The quantitative estimate of drug-likeness (QED) is 0.456. The zero-order chi connectivity index (χ0) is 23.9. The Hall–Kier alpha value is -3.34. The molecule has 0 fully saturated rings. The van der Waals surface area contributed by atoms with E-state index >= 15 is 0 Å². The van der Waals surface area contributed by atoms with Crippen LogP contribution in [0, 0.1) is 0 Å². The van der Waals surface area contributed by atoms with Crippen molar-refractivity contribution in [2.75, 3.05) is 32.4 Å². The molecule has 1 aliphatic heterocycles. The molecule has 0 saturated heterocycles. The molecular formula is C23H23ClN4O5S. The number of urea groups is 1. The number of halogens is 1. The fourth-order valence-corrected chi connectivity index (χ4v) is 4.08. The van der Waals surface area contributed by atoms with E-state index in [0.717, 1.165) is 5.56 Å². The van der Waals surface area contributed by atoms with Crippen molar-refractivity contribution in [1.82, 2.24) is 15.2 Å². The molecule has 1 aromatic heterocycles. The number of hydrogen-bond acceptors (Lipinski definition) is 7. The van der Waals surface area contributed by atoms with E-state index in [1.54, 1.807) is 41.7 Å². The number of carbonyl (C=O) groups is 2. The van der Waals surface area contributed by atoms with E-state index in [2.05, 4.69) is 15.6 Å². The minimum absolute atomic E-state index is 0.200. The van der Waals surface area contributed by atoms with E-state index in [0.29, 0.717) is 52.6 Å². The topological polar surface area (TPSA) is 102 Å². The lowest BCUT2D eigenvalue weighted by molar-refractivity contribution is 0.0946. The number of ether oxygens (including phenoxy) is 3. The minimum Gasteiger partial charge on any atom is -0.454 e. The lowest BCUT2D eigenvalue weighted by Crippen LogP contribution is -2.36. The molecule has 0 radical (unpaired) electrons. The minimum atomic E-state index is -0.302. The largest absolute Gasteiger partial charge is 0.454 e. The van der Waals surface area contributed by atoms with Gasteiger partial charge in [0.1, 0.15) is 10.7 Å². The molecule has 3 aromatic rings. The van der Waals surface area contributed by atoms with Crippen LogP contribution in [0.2, 0.25) is 5.02 Å². The van der Waals surface area contributed by atoms with Gasteiger partial charge in [-0.2, -0.15) is 0 Å². The Morgan fingerprint density at radius 3 is 2.76 bits per heavy atom. The predicted octanol–water partition coefficient (Wildman–Crippen LogP) is 4.14. The number of nitrogens with one attached hydrogen (secondary N) is 2. The lowest BCUT2D eigenvalue weighted by atomic mass is 10.2. The average Bonchev–Trinajstić information content (AvgIpc) is 3.51. The van der Waals surface area contributed by atoms with Crippen LogP contribution in [0.4, 0.5) is 10.5 Å². The first-order chi connectivity index (χ1) is 16.5. The van der Waals surface area contributed by atoms with E-state index in [-0.39, 0.29) is 25.3 Å². The number of nitrogens with zero attached hydrogens (tertiary/aromatic N) is 2. The van der Waals surface area contributed by atoms with Crippen LogP contribution in [-0.4, -0.2) is 48.9 Å². The standard InChI is InChI=1S/C23H23ClN4O5S/c1-31-9-8-28(23(30)26-17-5-3-16(24)4-6-17)12-21-27-18(13-34-21)22(29)25-11-15-2-7-19-20(10-15)33-14-32-19/h2-7,10,13H,8-9,11-12,14H2,1H3,(H,25,29)(H,26,30). The summed E-state index contributed by atoms with van der Waals surface area (Å²) in [6.07, 6.45) is 0. The Morgan fingerprint density at radius 2 is 1.97 bits per heavy atom. The van der Waals surface area contributed by atoms with Gasteiger partial charge in [-0.3, -0.25) is 4.79 Å². The number of thiazole rings is 1. The molecule has 2 aromatic carbocycles. The van der Waals surface area contributed by atoms with Gasteiger partial charge in [-0.15, -0.1) is 11.3 Å². The van der Waals surface area contributed by atoms with E-state index in [4.69, 9.17) is 25.8 Å². The lowest BCUT2D eigenvalue weighted by Gasteiger charge is -2.21. The second-order valence-electron chi connectivity index (χ2n) is 7.35. The highest BCUT2D eigenvalue weighted by Gasteiger charge is 2.18. The second-order valence-corrected chi connectivity index (χ2v) is 8.73. The van der Waals surface area contributed by atoms with Crippen LogP contribution >= 0.6 is 22.9 Å². The number of benzene rings is 2. The Morgan fingerprint density at radius 1 is 1.18 bits per heavy atom. The molecule has 178 valence electrons. The zero-order valence-corrected chi connectivity index (χ0v) is 19.9. The van der Waals surface area contributed by atoms with Crippen LogP contribution in [0.15, 0.2) is 47.8 Å². The molecular weight excluding hydrogens is 480 g/mol. The van der Waals surface area contributed by atoms with Gasteiger partial charge >= 0.3 is 6.03 Å². The number of amides is 3. The summed E-state index contributed by atoms with van der Waals surface area (Å²) in [5.74, 6) is 1.06. The maximum absolute atomic E-state index is 12.8. The van der Waals surface area contributed by atoms with Gasteiger partial charge in [-0.1, -0.05) is 17.7 Å². The maximum atomic E-state index is 12.8. The molecule has 0 atom stereocenters. The number of rotatable bonds is 9. The van der Waals surface area contributed by atoms with Crippen molar-refractivity contribution < 1.29 is 23.8 Å². The van der Waals surface area contributed by atoms with Crippen LogP contribution in [0.1, 0.15) is 21.1 Å². The first-order valence-corrected chi connectivity index (χ1v) is 11.7. The number of fused-ring (bicyclic) bond motifs is 1. The van der Waals surface area contributed by atoms with Crippen molar-refractivity contribution in [2.45, 2.75) is 13.1 Å². The summed E-state index contributed by atoms with van der Waals surface area (Å²) in [7, 11) is 1.57. The van der Waals surface area contributed by atoms with Crippen molar-refractivity contribution in [2.24, 2.45) is 0 Å². The van der Waals surface area contributed by atoms with E-state index in [1.807, 2.05) is 18.2 Å². The molecule has 0 aliphatic carbocycles. The molecule has 0 bridgehead atoms. The normalized spacial score (nSPS) is 11.8. The van der Waals surface area contributed by atoms with Gasteiger partial charge in [0, 0.05) is 36.3 Å². The summed E-state index contributed by atoms with van der Waals surface area (Å²) in [4.78, 5) is 31.4. The molecule has 3 amide bonds. The average molecular weight is 503 g/mol. The highest BCUT2D eigenvalue weighted by atomic mass is 35.5. The smallest absolute Gasteiger partial charge is 0.322 e. The zero-order valence-electron chi connectivity index (χ0n) is 18.4. The van der Waals surface area contributed by atoms with Crippen molar-refractivity contribution in [1.29, 1.82) is 0 Å². The van der Waals surface area contributed by atoms with Gasteiger partial charge in [0.05, 0.1) is 13.2 Å². The van der Waals surface area contributed by atoms with Crippen LogP contribution in [0.3, 0.4) is 0 Å². The van der Waals surface area contributed by atoms with Gasteiger partial charge in [0.15, 0.2) is 11.5 Å². The van der Waals surface area contributed by atoms with E-state index < -0.39 is 0 Å². The van der Waals surface area contributed by atoms with Crippen LogP contribution in [0.5, 0.6) is 11.5 Å². The summed E-state index contributed by atoms with van der Waals surface area (Å²) < 4.78 is 15.8. The fraction of sp³-hybridized carbons (Fsp3) is 0.261. The highest BCUT2D eigenvalue weighted by Crippen LogP contribution is 2.32. The summed E-state index contributed by atoms with van der Waals surface area (Å²) in [6.45, 7) is 1.49. The SMILES string of the molecule is COCCN(Cc1nc(C(=O)NCc2ccc3c(c2)OCO3)cs1)C(=O)Nc1ccc(Cl)cc1. The van der Waals surface area contributed by atoms with Gasteiger partial charge in [-0.25, -0.2) is 9.78 Å². The number of hydrogen-bond donors (Lipinski definition) is 2. The van der Waals surface area contributed by atoms with Gasteiger partial charge in [0.2, 0.25) is 6.79 Å². The summed E-state index contributed by atoms with van der Waals surface area (Å²) in [5, 5.41) is 8.58. The molecule has 9 nitrogen and oxygen atoms in total. The number of carbonyl (C=O) groups excluding carboxylic acids is 2. The maximum Gasteiger partial charge on any atom is 0.322 e. The number of aromatic nitrogens is 1. The monoisotopic (exact) mass is 502 g/mol. The summed E-state index contributed by atoms with van der Waals surface area (Å²) in [6, 6.07) is 12.1. The predicted molar refractivity (Wildman–Crippen MR) is 129 cm³/mol. The molecule has 2 N–H and O–H groups in total. The molecule has 11 heteroatoms. The number of methoxy groups -OCH3 is 1. The molecule has 4 rings (SSSR count). The van der Waals surface area contributed by atoms with Crippen LogP contribution in [-0.2, 0) is 17.8 Å². The van der Waals surface area contributed by atoms with Gasteiger partial charge < -0.3 is 29.7 Å². The Bertz CT molecular complexity index is 1150. The van der Waals surface area contributed by atoms with Gasteiger partial charge in [0.25, 0.3) is 5.91 Å². The molecule has 0 unspecified atom stereocenters.